The van der Waals surface area contributed by atoms with E-state index in [1.165, 1.54) is 9.13 Å². The van der Waals surface area contributed by atoms with Crippen LogP contribution in [0.15, 0.2) is 19.2 Å². The number of aromatic amines is 2. The smallest absolute Gasteiger partial charge is 0.329 e. The predicted octanol–water partition coefficient (Wildman–Crippen LogP) is 0.723. The van der Waals surface area contributed by atoms with Crippen molar-refractivity contribution < 1.29 is 0 Å². The van der Waals surface area contributed by atoms with Crippen molar-refractivity contribution in [2.24, 2.45) is 25.9 Å². The van der Waals surface area contributed by atoms with Crippen molar-refractivity contribution in [3.05, 3.63) is 41.7 Å². The Kier molecular flexibility index (Phi) is 6.86. The van der Waals surface area contributed by atoms with Crippen LogP contribution in [0.2, 0.25) is 0 Å². The summed E-state index contributed by atoms with van der Waals surface area (Å²) in [5.41, 5.74) is -0.489. The van der Waals surface area contributed by atoms with Crippen LogP contribution in [0.5, 0.6) is 0 Å². The topological polar surface area (TPSA) is 152 Å². The van der Waals surface area contributed by atoms with Crippen LogP contribution in [0, 0.1) is 11.8 Å². The minimum Gasteiger partial charge on any atom is -0.342 e. The van der Waals surface area contributed by atoms with Gasteiger partial charge in [-0.25, -0.2) is 9.59 Å². The molecule has 0 bridgehead atoms. The third-order valence-electron chi connectivity index (χ3n) is 8.62. The maximum atomic E-state index is 13.1. The van der Waals surface area contributed by atoms with Crippen molar-refractivity contribution in [2.45, 2.75) is 59.0 Å². The van der Waals surface area contributed by atoms with Gasteiger partial charge in [0.2, 0.25) is 11.9 Å². The number of imidazole rings is 2. The summed E-state index contributed by atoms with van der Waals surface area (Å²) in [5, 5.41) is 0. The number of hydrogen-bond donors (Lipinski definition) is 2. The highest BCUT2D eigenvalue weighted by Gasteiger charge is 2.27. The third-order valence-corrected chi connectivity index (χ3v) is 8.62. The Labute approximate surface area is 235 Å². The van der Waals surface area contributed by atoms with Gasteiger partial charge in [-0.05, 0) is 43.9 Å². The van der Waals surface area contributed by atoms with Gasteiger partial charge < -0.3 is 18.9 Å². The molecule has 0 unspecified atom stereocenters. The second kappa shape index (κ2) is 10.4. The van der Waals surface area contributed by atoms with Gasteiger partial charge in [-0.3, -0.25) is 28.7 Å². The molecule has 0 aliphatic carbocycles. The van der Waals surface area contributed by atoms with Gasteiger partial charge in [-0.2, -0.15) is 9.97 Å². The number of aromatic nitrogens is 8. The van der Waals surface area contributed by atoms with Gasteiger partial charge in [0.25, 0.3) is 11.1 Å². The molecular formula is C27H38N10O4. The molecule has 6 rings (SSSR count). The number of rotatable bonds is 6. The zero-order valence-corrected chi connectivity index (χ0v) is 24.1. The van der Waals surface area contributed by atoms with Crippen molar-refractivity contribution in [2.75, 3.05) is 36.0 Å². The second-order valence-electron chi connectivity index (χ2n) is 11.8. The average Bonchev–Trinajstić information content (AvgIpc) is 3.51. The van der Waals surface area contributed by atoms with E-state index in [1.807, 2.05) is 9.13 Å². The van der Waals surface area contributed by atoms with Crippen LogP contribution in [0.3, 0.4) is 0 Å². The fourth-order valence-corrected chi connectivity index (χ4v) is 6.48. The summed E-state index contributed by atoms with van der Waals surface area (Å²) >= 11 is 0. The lowest BCUT2D eigenvalue weighted by Crippen LogP contribution is -2.36. The number of H-pyrrole nitrogens is 2. The van der Waals surface area contributed by atoms with E-state index < -0.39 is 22.5 Å². The van der Waals surface area contributed by atoms with Crippen LogP contribution < -0.4 is 32.3 Å². The summed E-state index contributed by atoms with van der Waals surface area (Å²) in [6.07, 6.45) is 4.89. The van der Waals surface area contributed by atoms with E-state index in [-0.39, 0.29) is 0 Å². The molecule has 14 heteroatoms. The molecule has 2 N–H and O–H groups in total. The number of hydrogen-bond acceptors (Lipinski definition) is 8. The van der Waals surface area contributed by atoms with E-state index in [2.05, 4.69) is 33.6 Å². The number of fused-ring (bicyclic) bond motifs is 2. The Morgan fingerprint density at radius 3 is 1.51 bits per heavy atom. The summed E-state index contributed by atoms with van der Waals surface area (Å²) in [6.45, 7) is 8.59. The molecule has 2 fully saturated rings. The molecule has 2 atom stereocenters. The molecule has 0 spiro atoms. The van der Waals surface area contributed by atoms with Crippen LogP contribution >= 0.6 is 0 Å². The molecule has 0 saturated carbocycles. The predicted molar refractivity (Wildman–Crippen MR) is 157 cm³/mol. The van der Waals surface area contributed by atoms with Gasteiger partial charge in [0.15, 0.2) is 22.3 Å². The van der Waals surface area contributed by atoms with Crippen molar-refractivity contribution in [3.8, 4) is 0 Å². The normalized spacial score (nSPS) is 20.0. The highest BCUT2D eigenvalue weighted by molar-refractivity contribution is 5.75. The quantitative estimate of drug-likeness (QED) is 0.347. The van der Waals surface area contributed by atoms with Crippen molar-refractivity contribution in [1.29, 1.82) is 0 Å². The lowest BCUT2D eigenvalue weighted by molar-refractivity contribution is 0.433. The lowest BCUT2D eigenvalue weighted by atomic mass is 10.0. The average molecular weight is 567 g/mol. The number of nitrogens with one attached hydrogen (secondary N) is 2. The van der Waals surface area contributed by atoms with E-state index in [4.69, 9.17) is 9.97 Å². The fourth-order valence-electron chi connectivity index (χ4n) is 6.48. The van der Waals surface area contributed by atoms with Gasteiger partial charge in [0.05, 0.1) is 0 Å². The van der Waals surface area contributed by atoms with Crippen molar-refractivity contribution in [1.82, 2.24) is 38.2 Å². The van der Waals surface area contributed by atoms with Crippen LogP contribution in [0.1, 0.15) is 46.0 Å². The molecule has 4 aromatic heterocycles. The summed E-state index contributed by atoms with van der Waals surface area (Å²) in [6, 6.07) is 0. The lowest BCUT2D eigenvalue weighted by Gasteiger charge is -2.32. The maximum Gasteiger partial charge on any atom is 0.329 e. The SMILES string of the molecule is C[C@@H]1CCCN(c2nc3c(c(=O)[nH]c(=O)n3C)n2CCCn2c(N3CCC[C@H](C)C3)nc3c2c(=O)[nH]c(=O)n3C)C1. The highest BCUT2D eigenvalue weighted by atomic mass is 16.2. The Morgan fingerprint density at radius 1 is 0.707 bits per heavy atom. The van der Waals surface area contributed by atoms with Crippen LogP contribution in [-0.2, 0) is 27.2 Å². The maximum absolute atomic E-state index is 13.1. The third kappa shape index (κ3) is 4.68. The van der Waals surface area contributed by atoms with Crippen molar-refractivity contribution in [3.63, 3.8) is 0 Å². The van der Waals surface area contributed by atoms with E-state index in [9.17, 15) is 19.2 Å². The highest BCUT2D eigenvalue weighted by Crippen LogP contribution is 2.28. The van der Waals surface area contributed by atoms with Crippen molar-refractivity contribution >= 4 is 34.2 Å². The van der Waals surface area contributed by atoms with Gasteiger partial charge in [-0.1, -0.05) is 13.8 Å². The molecule has 41 heavy (non-hydrogen) atoms. The number of aryl methyl sites for hydroxylation is 4. The molecule has 0 amide bonds. The molecule has 2 saturated heterocycles. The Morgan fingerprint density at radius 2 is 1.12 bits per heavy atom. The van der Waals surface area contributed by atoms with Crippen LogP contribution in [0.4, 0.5) is 11.9 Å². The first-order valence-electron chi connectivity index (χ1n) is 14.5. The first kappa shape index (κ1) is 27.1. The van der Waals surface area contributed by atoms with Gasteiger partial charge in [-0.15, -0.1) is 0 Å². The fraction of sp³-hybridized carbons (Fsp3) is 0.630. The summed E-state index contributed by atoms with van der Waals surface area (Å²) < 4.78 is 6.58. The summed E-state index contributed by atoms with van der Waals surface area (Å²) in [7, 11) is 3.22. The van der Waals surface area contributed by atoms with Gasteiger partial charge in [0.1, 0.15) is 0 Å². The zero-order chi connectivity index (χ0) is 29.0. The Balaban J connectivity index is 1.41. The number of anilines is 2. The molecule has 6 heterocycles. The van der Waals surface area contributed by atoms with Gasteiger partial charge >= 0.3 is 11.4 Å². The first-order valence-corrected chi connectivity index (χ1v) is 14.5. The monoisotopic (exact) mass is 566 g/mol. The van der Waals surface area contributed by atoms with Crippen LogP contribution in [0.25, 0.3) is 22.3 Å². The molecular weight excluding hydrogens is 528 g/mol. The summed E-state index contributed by atoms with van der Waals surface area (Å²) in [5.74, 6) is 2.34. The minimum atomic E-state index is -0.499. The van der Waals surface area contributed by atoms with Gasteiger partial charge in [0, 0.05) is 53.4 Å². The van der Waals surface area contributed by atoms with E-state index in [0.717, 1.165) is 51.9 Å². The van der Waals surface area contributed by atoms with E-state index in [0.29, 0.717) is 65.6 Å². The standard InChI is InChI=1S/C27H38N10O4/c1-16-8-5-10-34(14-16)24-28-20-18(22(38)30-26(40)32(20)3)36(24)12-7-13-37-19-21(33(4)27(41)31-23(19)39)29-25(37)35-11-6-9-17(2)15-35/h16-17H,5-15H2,1-4H3,(H,30,38,40)(H,31,39,41)/t16-,17+. The first-order chi connectivity index (χ1) is 19.6. The molecule has 0 radical (unpaired) electrons. The molecule has 14 nitrogen and oxygen atoms in total. The van der Waals surface area contributed by atoms with E-state index >= 15 is 0 Å². The Hall–Kier alpha value is -4.10. The zero-order valence-electron chi connectivity index (χ0n) is 24.1. The minimum absolute atomic E-state index is 0.356. The second-order valence-corrected chi connectivity index (χ2v) is 11.8. The largest absolute Gasteiger partial charge is 0.342 e. The number of piperidine rings is 2. The Bertz CT molecular complexity index is 1720. The molecule has 0 aromatic carbocycles. The number of nitrogens with zero attached hydrogens (tertiary/aromatic N) is 8. The molecule has 4 aromatic rings. The van der Waals surface area contributed by atoms with Crippen LogP contribution in [-0.4, -0.2) is 64.4 Å². The molecule has 2 aliphatic heterocycles. The molecule has 220 valence electrons. The summed E-state index contributed by atoms with van der Waals surface area (Å²) in [4.78, 5) is 69.7. The molecule has 2 aliphatic rings. The van der Waals surface area contributed by atoms with E-state index in [1.54, 1.807) is 14.1 Å².